The number of nitrogens with one attached hydrogen (secondary N) is 2. The molecule has 0 spiro atoms. The van der Waals surface area contributed by atoms with Gasteiger partial charge in [0.1, 0.15) is 6.04 Å². The Bertz CT molecular complexity index is 376. The van der Waals surface area contributed by atoms with Crippen molar-refractivity contribution < 1.29 is 4.79 Å². The summed E-state index contributed by atoms with van der Waals surface area (Å²) in [5.74, 6) is -0.369. The number of carbonyl (C=O) groups excluding carboxylic acids is 1. The lowest BCUT2D eigenvalue weighted by Gasteiger charge is -2.18. The Labute approximate surface area is 102 Å². The number of hydrogen-bond acceptors (Lipinski definition) is 3. The monoisotopic (exact) mass is 233 g/mol. The molecule has 17 heavy (non-hydrogen) atoms. The number of nitrogens with two attached hydrogens (primary N) is 1. The molecule has 0 aliphatic carbocycles. The van der Waals surface area contributed by atoms with Crippen LogP contribution in [-0.4, -0.2) is 25.5 Å². The summed E-state index contributed by atoms with van der Waals surface area (Å²) in [6, 6.07) is 9.34. The van der Waals surface area contributed by atoms with Crippen LogP contribution in [0.15, 0.2) is 42.6 Å². The molecule has 0 aromatic heterocycles. The molecule has 1 aromatic rings. The number of primary amides is 1. The van der Waals surface area contributed by atoms with Gasteiger partial charge in [-0.05, 0) is 12.6 Å². The predicted molar refractivity (Wildman–Crippen MR) is 69.3 cm³/mol. The van der Waals surface area contributed by atoms with Crippen LogP contribution < -0.4 is 16.4 Å². The van der Waals surface area contributed by atoms with Crippen molar-refractivity contribution in [3.8, 4) is 0 Å². The van der Waals surface area contributed by atoms with Gasteiger partial charge in [-0.25, -0.2) is 0 Å². The van der Waals surface area contributed by atoms with Crippen molar-refractivity contribution in [2.24, 2.45) is 5.73 Å². The van der Waals surface area contributed by atoms with E-state index in [4.69, 9.17) is 5.73 Å². The minimum atomic E-state index is -0.418. The highest BCUT2D eigenvalue weighted by Crippen LogP contribution is 2.04. The predicted octanol–water partition coefficient (Wildman–Crippen LogP) is 0.406. The van der Waals surface area contributed by atoms with E-state index in [9.17, 15) is 4.79 Å². The fraction of sp³-hybridized carbons (Fsp3) is 0.308. The first-order valence-electron chi connectivity index (χ1n) is 5.55. The number of amides is 1. The smallest absolute Gasteiger partial charge is 0.240 e. The van der Waals surface area contributed by atoms with Gasteiger partial charge in [0.15, 0.2) is 0 Å². The lowest BCUT2D eigenvalue weighted by atomic mass is 10.1. The van der Waals surface area contributed by atoms with E-state index in [0.29, 0.717) is 13.0 Å². The molecule has 1 aromatic carbocycles. The Kier molecular flexibility index (Phi) is 5.23. The second-order valence-electron chi connectivity index (χ2n) is 3.92. The van der Waals surface area contributed by atoms with Gasteiger partial charge in [0.25, 0.3) is 0 Å². The molecule has 0 heterocycles. The van der Waals surface area contributed by atoms with Crippen molar-refractivity contribution in [1.29, 1.82) is 0 Å². The van der Waals surface area contributed by atoms with E-state index < -0.39 is 6.04 Å². The van der Waals surface area contributed by atoms with E-state index in [0.717, 1.165) is 11.3 Å². The summed E-state index contributed by atoms with van der Waals surface area (Å²) in [7, 11) is 1.82. The molecule has 0 fully saturated rings. The SMILES string of the molecule is C=C(CNC)NC(Cc1ccccc1)C(N)=O. The molecule has 0 bridgehead atoms. The van der Waals surface area contributed by atoms with Gasteiger partial charge in [0.2, 0.25) is 5.91 Å². The number of carbonyl (C=O) groups is 1. The van der Waals surface area contributed by atoms with Crippen LogP contribution in [0.25, 0.3) is 0 Å². The first-order valence-corrected chi connectivity index (χ1v) is 5.55. The van der Waals surface area contributed by atoms with Crippen LogP contribution in [0.1, 0.15) is 5.56 Å². The first-order chi connectivity index (χ1) is 8.13. The van der Waals surface area contributed by atoms with Gasteiger partial charge < -0.3 is 16.4 Å². The van der Waals surface area contributed by atoms with E-state index in [1.807, 2.05) is 37.4 Å². The normalized spacial score (nSPS) is 11.8. The highest BCUT2D eigenvalue weighted by Gasteiger charge is 2.15. The Balaban J connectivity index is 2.61. The highest BCUT2D eigenvalue weighted by molar-refractivity contribution is 5.80. The molecule has 0 radical (unpaired) electrons. The van der Waals surface area contributed by atoms with Crippen molar-refractivity contribution in [3.05, 3.63) is 48.2 Å². The molecule has 0 aliphatic rings. The van der Waals surface area contributed by atoms with E-state index in [1.165, 1.54) is 0 Å². The minimum absolute atomic E-state index is 0.369. The first kappa shape index (κ1) is 13.3. The molecule has 4 nitrogen and oxygen atoms in total. The third-order valence-electron chi connectivity index (χ3n) is 2.39. The van der Waals surface area contributed by atoms with E-state index in [2.05, 4.69) is 17.2 Å². The van der Waals surface area contributed by atoms with E-state index in [-0.39, 0.29) is 5.91 Å². The van der Waals surface area contributed by atoms with Crippen LogP contribution >= 0.6 is 0 Å². The maximum Gasteiger partial charge on any atom is 0.240 e. The Morgan fingerprint density at radius 1 is 1.41 bits per heavy atom. The summed E-state index contributed by atoms with van der Waals surface area (Å²) in [6.07, 6.45) is 0.568. The summed E-state index contributed by atoms with van der Waals surface area (Å²) >= 11 is 0. The third-order valence-corrected chi connectivity index (χ3v) is 2.39. The maximum atomic E-state index is 11.3. The van der Waals surface area contributed by atoms with E-state index >= 15 is 0 Å². The van der Waals surface area contributed by atoms with Crippen LogP contribution in [0, 0.1) is 0 Å². The Morgan fingerprint density at radius 3 is 2.59 bits per heavy atom. The zero-order chi connectivity index (χ0) is 12.7. The molecule has 0 aliphatic heterocycles. The summed E-state index contributed by atoms with van der Waals surface area (Å²) in [6.45, 7) is 4.44. The fourth-order valence-electron chi connectivity index (χ4n) is 1.58. The molecule has 1 amide bonds. The third kappa shape index (κ3) is 4.70. The summed E-state index contributed by atoms with van der Waals surface area (Å²) in [4.78, 5) is 11.3. The largest absolute Gasteiger partial charge is 0.376 e. The number of likely N-dealkylation sites (N-methyl/N-ethyl adjacent to an activating group) is 1. The van der Waals surface area contributed by atoms with Crippen molar-refractivity contribution in [1.82, 2.24) is 10.6 Å². The van der Waals surface area contributed by atoms with Crippen molar-refractivity contribution in [3.63, 3.8) is 0 Å². The van der Waals surface area contributed by atoms with Gasteiger partial charge in [-0.1, -0.05) is 36.9 Å². The molecule has 1 rings (SSSR count). The molecule has 4 heteroatoms. The van der Waals surface area contributed by atoms with Crippen LogP contribution in [0.4, 0.5) is 0 Å². The maximum absolute atomic E-state index is 11.3. The summed E-state index contributed by atoms with van der Waals surface area (Å²) in [5, 5.41) is 6.00. The zero-order valence-electron chi connectivity index (χ0n) is 10.1. The van der Waals surface area contributed by atoms with Crippen molar-refractivity contribution >= 4 is 5.91 Å². The molecule has 92 valence electrons. The Hall–Kier alpha value is -1.81. The summed E-state index contributed by atoms with van der Waals surface area (Å²) < 4.78 is 0. The van der Waals surface area contributed by atoms with Gasteiger partial charge >= 0.3 is 0 Å². The van der Waals surface area contributed by atoms with Gasteiger partial charge in [-0.15, -0.1) is 0 Å². The molecule has 1 unspecified atom stereocenters. The molecular formula is C13H19N3O. The highest BCUT2D eigenvalue weighted by atomic mass is 16.1. The Morgan fingerprint density at radius 2 is 2.06 bits per heavy atom. The van der Waals surface area contributed by atoms with Gasteiger partial charge in [0.05, 0.1) is 0 Å². The second-order valence-corrected chi connectivity index (χ2v) is 3.92. The van der Waals surface area contributed by atoms with Crippen molar-refractivity contribution in [2.75, 3.05) is 13.6 Å². The molecule has 0 saturated heterocycles. The van der Waals surface area contributed by atoms with Crippen LogP contribution in [-0.2, 0) is 11.2 Å². The minimum Gasteiger partial charge on any atom is -0.376 e. The lowest BCUT2D eigenvalue weighted by Crippen LogP contribution is -2.43. The quantitative estimate of drug-likeness (QED) is 0.639. The van der Waals surface area contributed by atoms with Gasteiger partial charge in [-0.3, -0.25) is 4.79 Å². The topological polar surface area (TPSA) is 67.2 Å². The second kappa shape index (κ2) is 6.70. The van der Waals surface area contributed by atoms with Crippen molar-refractivity contribution in [2.45, 2.75) is 12.5 Å². The van der Waals surface area contributed by atoms with Gasteiger partial charge in [-0.2, -0.15) is 0 Å². The zero-order valence-corrected chi connectivity index (χ0v) is 10.1. The molecule has 4 N–H and O–H groups in total. The number of benzene rings is 1. The fourth-order valence-corrected chi connectivity index (χ4v) is 1.58. The number of rotatable bonds is 7. The van der Waals surface area contributed by atoms with Crippen LogP contribution in [0.2, 0.25) is 0 Å². The average molecular weight is 233 g/mol. The average Bonchev–Trinajstić information content (AvgIpc) is 2.29. The standard InChI is InChI=1S/C13H19N3O/c1-10(9-15-2)16-12(13(14)17)8-11-6-4-3-5-7-11/h3-7,12,15-16H,1,8-9H2,2H3,(H2,14,17). The molecule has 1 atom stereocenters. The van der Waals surface area contributed by atoms with Crippen LogP contribution in [0.5, 0.6) is 0 Å². The molecule has 0 saturated carbocycles. The van der Waals surface area contributed by atoms with E-state index in [1.54, 1.807) is 0 Å². The summed E-state index contributed by atoms with van der Waals surface area (Å²) in [5.41, 5.74) is 7.19. The molecular weight excluding hydrogens is 214 g/mol. The number of hydrogen-bond donors (Lipinski definition) is 3. The lowest BCUT2D eigenvalue weighted by molar-refractivity contribution is -0.119. The van der Waals surface area contributed by atoms with Crippen LogP contribution in [0.3, 0.4) is 0 Å². The van der Waals surface area contributed by atoms with Gasteiger partial charge in [0, 0.05) is 18.7 Å².